The van der Waals surface area contributed by atoms with Gasteiger partial charge in [-0.3, -0.25) is 9.78 Å². The predicted molar refractivity (Wildman–Crippen MR) is 116 cm³/mol. The number of benzene rings is 1. The second-order valence-electron chi connectivity index (χ2n) is 6.61. The van der Waals surface area contributed by atoms with E-state index in [0.29, 0.717) is 11.7 Å². The van der Waals surface area contributed by atoms with Crippen molar-refractivity contribution in [3.05, 3.63) is 82.6 Å². The summed E-state index contributed by atoms with van der Waals surface area (Å²) in [5.41, 5.74) is 1.08. The van der Waals surface area contributed by atoms with E-state index in [1.165, 1.54) is 6.07 Å². The summed E-state index contributed by atoms with van der Waals surface area (Å²) in [6, 6.07) is 15.8. The first-order chi connectivity index (χ1) is 14.1. The molecular weight excluding hydrogens is 407 g/mol. The Morgan fingerprint density at radius 2 is 2.03 bits per heavy atom. The van der Waals surface area contributed by atoms with Crippen LogP contribution in [0.5, 0.6) is 0 Å². The summed E-state index contributed by atoms with van der Waals surface area (Å²) in [6.45, 7) is 0.415. The highest BCUT2D eigenvalue weighted by Gasteiger charge is 2.40. The summed E-state index contributed by atoms with van der Waals surface area (Å²) in [5, 5.41) is 8.58. The van der Waals surface area contributed by atoms with Crippen molar-refractivity contribution in [2.75, 3.05) is 11.9 Å². The van der Waals surface area contributed by atoms with Crippen molar-refractivity contribution < 1.29 is 9.18 Å². The molecule has 3 aromatic rings. The number of rotatable bonds is 6. The number of nitrogens with zero attached hydrogens (tertiary/aromatic N) is 2. The number of halogens is 1. The zero-order valence-electron chi connectivity index (χ0n) is 15.4. The number of carbonyl (C=O) groups excluding carboxylic acids is 1. The molecule has 0 saturated carbocycles. The van der Waals surface area contributed by atoms with Crippen LogP contribution in [-0.4, -0.2) is 27.4 Å². The first kappa shape index (κ1) is 19.5. The Balaban J connectivity index is 1.50. The lowest BCUT2D eigenvalue weighted by molar-refractivity contribution is -0.116. The topological polar surface area (TPSA) is 57.3 Å². The fraction of sp³-hybridized carbons (Fsp3) is 0.190. The second kappa shape index (κ2) is 8.67. The first-order valence-electron chi connectivity index (χ1n) is 9.19. The van der Waals surface area contributed by atoms with Crippen LogP contribution in [0.1, 0.15) is 29.1 Å². The van der Waals surface area contributed by atoms with Gasteiger partial charge in [-0.15, -0.1) is 11.3 Å². The molecule has 1 aromatic carbocycles. The minimum absolute atomic E-state index is 0.0568. The lowest BCUT2D eigenvalue weighted by Crippen LogP contribution is -2.32. The molecule has 0 aliphatic carbocycles. The highest BCUT2D eigenvalue weighted by atomic mass is 32.1. The third-order valence-electron chi connectivity index (χ3n) is 4.76. The molecule has 3 heterocycles. The normalized spacial score (nSPS) is 18.5. The van der Waals surface area contributed by atoms with Gasteiger partial charge < -0.3 is 15.5 Å². The minimum Gasteiger partial charge on any atom is -0.352 e. The van der Waals surface area contributed by atoms with Crippen LogP contribution in [0.25, 0.3) is 0 Å². The number of hydrogen-bond donors (Lipinski definition) is 2. The molecule has 1 aliphatic rings. The molecule has 0 unspecified atom stereocenters. The van der Waals surface area contributed by atoms with Crippen LogP contribution in [0.4, 0.5) is 10.1 Å². The standard InChI is InChI=1S/C21H19FN4OS2/c22-14-6-1-2-7-15(14)24-18(27)10-12-26-20(17-9-5-13-29-17)19(25-21(26)28)16-8-3-4-11-23-16/h1-9,11,13,19-20H,10,12H2,(H,24,27)(H,25,28)/t19-,20+/m0/s1. The van der Waals surface area contributed by atoms with Crippen molar-refractivity contribution in [2.45, 2.75) is 18.5 Å². The van der Waals surface area contributed by atoms with Crippen molar-refractivity contribution >= 4 is 40.3 Å². The van der Waals surface area contributed by atoms with E-state index in [0.717, 1.165) is 10.6 Å². The molecule has 0 bridgehead atoms. The maximum atomic E-state index is 13.8. The van der Waals surface area contributed by atoms with Gasteiger partial charge in [0.15, 0.2) is 5.11 Å². The number of anilines is 1. The van der Waals surface area contributed by atoms with Gasteiger partial charge >= 0.3 is 0 Å². The lowest BCUT2D eigenvalue weighted by Gasteiger charge is -2.26. The molecule has 2 atom stereocenters. The highest BCUT2D eigenvalue weighted by Crippen LogP contribution is 2.40. The quantitative estimate of drug-likeness (QED) is 0.576. The summed E-state index contributed by atoms with van der Waals surface area (Å²) in [5.74, 6) is -0.713. The molecule has 5 nitrogen and oxygen atoms in total. The fourth-order valence-electron chi connectivity index (χ4n) is 3.41. The van der Waals surface area contributed by atoms with Crippen LogP contribution in [0.15, 0.2) is 66.2 Å². The predicted octanol–water partition coefficient (Wildman–Crippen LogP) is 4.28. The average Bonchev–Trinajstić information content (AvgIpc) is 3.36. The smallest absolute Gasteiger partial charge is 0.226 e. The number of para-hydroxylation sites is 1. The van der Waals surface area contributed by atoms with Crippen LogP contribution in [0.3, 0.4) is 0 Å². The van der Waals surface area contributed by atoms with E-state index in [2.05, 4.69) is 21.7 Å². The van der Waals surface area contributed by atoms with Gasteiger partial charge in [-0.25, -0.2) is 4.39 Å². The number of nitrogens with one attached hydrogen (secondary N) is 2. The highest BCUT2D eigenvalue weighted by molar-refractivity contribution is 7.80. The molecule has 8 heteroatoms. The summed E-state index contributed by atoms with van der Waals surface area (Å²) in [6.07, 6.45) is 1.95. The van der Waals surface area contributed by atoms with Crippen LogP contribution in [0.2, 0.25) is 0 Å². The summed E-state index contributed by atoms with van der Waals surface area (Å²) < 4.78 is 13.8. The molecule has 1 fully saturated rings. The fourth-order valence-corrected chi connectivity index (χ4v) is 4.62. The van der Waals surface area contributed by atoms with E-state index in [-0.39, 0.29) is 30.1 Å². The molecule has 148 valence electrons. The van der Waals surface area contributed by atoms with E-state index >= 15 is 0 Å². The zero-order valence-corrected chi connectivity index (χ0v) is 17.0. The lowest BCUT2D eigenvalue weighted by atomic mass is 10.0. The molecule has 4 rings (SSSR count). The molecule has 0 radical (unpaired) electrons. The third kappa shape index (κ3) is 4.28. The van der Waals surface area contributed by atoms with Crippen molar-refractivity contribution in [3.63, 3.8) is 0 Å². The van der Waals surface area contributed by atoms with E-state index in [4.69, 9.17) is 12.2 Å². The molecule has 29 heavy (non-hydrogen) atoms. The Bertz CT molecular complexity index is 997. The van der Waals surface area contributed by atoms with Gasteiger partial charge in [-0.2, -0.15) is 0 Å². The average molecular weight is 427 g/mol. The van der Waals surface area contributed by atoms with Gasteiger partial charge in [0.1, 0.15) is 5.82 Å². The Morgan fingerprint density at radius 1 is 1.21 bits per heavy atom. The zero-order chi connectivity index (χ0) is 20.2. The van der Waals surface area contributed by atoms with Crippen molar-refractivity contribution in [1.29, 1.82) is 0 Å². The SMILES string of the molecule is O=C(CCN1C(=S)N[C@@H](c2ccccn2)[C@H]1c1cccs1)Nc1ccccc1F. The van der Waals surface area contributed by atoms with Crippen molar-refractivity contribution in [2.24, 2.45) is 0 Å². The molecule has 1 saturated heterocycles. The Hall–Kier alpha value is -2.84. The van der Waals surface area contributed by atoms with Crippen LogP contribution < -0.4 is 10.6 Å². The summed E-state index contributed by atoms with van der Waals surface area (Å²) >= 11 is 7.22. The Labute approximate surface area is 177 Å². The largest absolute Gasteiger partial charge is 0.352 e. The van der Waals surface area contributed by atoms with Gasteiger partial charge in [0, 0.05) is 24.0 Å². The van der Waals surface area contributed by atoms with Crippen molar-refractivity contribution in [3.8, 4) is 0 Å². The Morgan fingerprint density at radius 3 is 2.76 bits per heavy atom. The number of aromatic nitrogens is 1. The van der Waals surface area contributed by atoms with Crippen LogP contribution >= 0.6 is 23.6 Å². The van der Waals surface area contributed by atoms with E-state index in [1.807, 2.05) is 34.5 Å². The van der Waals surface area contributed by atoms with E-state index in [1.54, 1.807) is 35.7 Å². The maximum Gasteiger partial charge on any atom is 0.226 e. The van der Waals surface area contributed by atoms with Gasteiger partial charge in [-0.05, 0) is 47.9 Å². The first-order valence-corrected chi connectivity index (χ1v) is 10.5. The number of thiocarbonyl (C=S) groups is 1. The molecule has 1 aliphatic heterocycles. The molecule has 0 spiro atoms. The van der Waals surface area contributed by atoms with Gasteiger partial charge in [0.25, 0.3) is 0 Å². The third-order valence-corrected chi connectivity index (χ3v) is 6.06. The number of amides is 1. The maximum absolute atomic E-state index is 13.8. The molecular formula is C21H19FN4OS2. The van der Waals surface area contributed by atoms with E-state index in [9.17, 15) is 9.18 Å². The van der Waals surface area contributed by atoms with Crippen LogP contribution in [-0.2, 0) is 4.79 Å². The van der Waals surface area contributed by atoms with Gasteiger partial charge in [-0.1, -0.05) is 24.3 Å². The molecule has 2 N–H and O–H groups in total. The Kier molecular flexibility index (Phi) is 5.82. The number of hydrogen-bond acceptors (Lipinski definition) is 4. The summed E-state index contributed by atoms with van der Waals surface area (Å²) in [7, 11) is 0. The number of thiophene rings is 1. The monoisotopic (exact) mass is 426 g/mol. The second-order valence-corrected chi connectivity index (χ2v) is 7.98. The summed E-state index contributed by atoms with van der Waals surface area (Å²) in [4.78, 5) is 20.0. The van der Waals surface area contributed by atoms with Gasteiger partial charge in [0.2, 0.25) is 5.91 Å². The number of pyridine rings is 1. The molecule has 2 aromatic heterocycles. The van der Waals surface area contributed by atoms with E-state index < -0.39 is 5.82 Å². The number of carbonyl (C=O) groups is 1. The molecule has 1 amide bonds. The minimum atomic E-state index is -0.453. The van der Waals surface area contributed by atoms with Crippen LogP contribution in [0, 0.1) is 5.82 Å². The van der Waals surface area contributed by atoms with Gasteiger partial charge in [0.05, 0.1) is 23.5 Å². The van der Waals surface area contributed by atoms with Crippen molar-refractivity contribution in [1.82, 2.24) is 15.2 Å².